The monoisotopic (exact) mass is 188 g/mol. The number of carbonyl (C=O) groups is 1. The Labute approximate surface area is 85.5 Å². The molecule has 0 aliphatic heterocycles. The maximum absolute atomic E-state index is 11.7. The van der Waals surface area contributed by atoms with E-state index in [1.54, 1.807) is 0 Å². The second-order valence-corrected chi connectivity index (χ2v) is 3.86. The predicted molar refractivity (Wildman–Crippen MR) is 59.7 cm³/mol. The lowest BCUT2D eigenvalue weighted by Crippen LogP contribution is -2.00. The van der Waals surface area contributed by atoms with Crippen molar-refractivity contribution in [3.63, 3.8) is 0 Å². The lowest BCUT2D eigenvalue weighted by atomic mass is 10.0. The van der Waals surface area contributed by atoms with Crippen LogP contribution in [0, 0.1) is 13.8 Å². The van der Waals surface area contributed by atoms with E-state index in [9.17, 15) is 4.79 Å². The Morgan fingerprint density at radius 1 is 1.29 bits per heavy atom. The Bertz CT molecular complexity index is 375. The first-order valence-corrected chi connectivity index (χ1v) is 4.75. The molecule has 1 rings (SSSR count). The summed E-state index contributed by atoms with van der Waals surface area (Å²) in [5, 5.41) is 0. The van der Waals surface area contributed by atoms with Gasteiger partial charge in [-0.1, -0.05) is 24.3 Å². The number of rotatable bonds is 3. The molecular weight excluding hydrogens is 172 g/mol. The van der Waals surface area contributed by atoms with E-state index in [-0.39, 0.29) is 5.78 Å². The summed E-state index contributed by atoms with van der Waals surface area (Å²) in [6.45, 7) is 9.68. The van der Waals surface area contributed by atoms with E-state index in [0.717, 1.165) is 16.7 Å². The van der Waals surface area contributed by atoms with Gasteiger partial charge < -0.3 is 0 Å². The predicted octanol–water partition coefficient (Wildman–Crippen LogP) is 3.45. The average Bonchev–Trinajstić information content (AvgIpc) is 2.08. The molecule has 1 aromatic carbocycles. The van der Waals surface area contributed by atoms with Crippen LogP contribution in [0.1, 0.15) is 34.8 Å². The molecule has 0 heterocycles. The van der Waals surface area contributed by atoms with Crippen LogP contribution < -0.4 is 0 Å². The summed E-state index contributed by atoms with van der Waals surface area (Å²) in [6.07, 6.45) is 0.447. The summed E-state index contributed by atoms with van der Waals surface area (Å²) in [5.74, 6) is 0.153. The fourth-order valence-corrected chi connectivity index (χ4v) is 1.29. The third-order valence-electron chi connectivity index (χ3n) is 2.29. The van der Waals surface area contributed by atoms with Crippen molar-refractivity contribution in [1.82, 2.24) is 0 Å². The highest BCUT2D eigenvalue weighted by Crippen LogP contribution is 2.13. The molecule has 0 atom stereocenters. The molecule has 0 unspecified atom stereocenters. The van der Waals surface area contributed by atoms with Crippen molar-refractivity contribution in [3.05, 3.63) is 47.0 Å². The zero-order valence-electron chi connectivity index (χ0n) is 9.05. The molecule has 1 heteroatoms. The minimum Gasteiger partial charge on any atom is -0.294 e. The molecular formula is C13H16O. The fourth-order valence-electron chi connectivity index (χ4n) is 1.29. The summed E-state index contributed by atoms with van der Waals surface area (Å²) in [4.78, 5) is 11.7. The standard InChI is InChI=1S/C13H16O/c1-9(2)7-13(14)12-6-5-10(3)11(4)8-12/h5-6,8H,1,7H2,2-4H3. The molecule has 0 aromatic heterocycles. The molecule has 1 aromatic rings. The van der Waals surface area contributed by atoms with Crippen LogP contribution in [-0.4, -0.2) is 5.78 Å². The number of benzene rings is 1. The number of Topliss-reactive ketones (excluding diaryl/α,β-unsaturated/α-hetero) is 1. The van der Waals surface area contributed by atoms with Crippen LogP contribution in [0.4, 0.5) is 0 Å². The van der Waals surface area contributed by atoms with Crippen LogP contribution in [-0.2, 0) is 0 Å². The van der Waals surface area contributed by atoms with E-state index in [2.05, 4.69) is 6.58 Å². The van der Waals surface area contributed by atoms with Crippen molar-refractivity contribution in [2.45, 2.75) is 27.2 Å². The van der Waals surface area contributed by atoms with Crippen LogP contribution in [0.5, 0.6) is 0 Å². The molecule has 0 aliphatic carbocycles. The van der Waals surface area contributed by atoms with Crippen molar-refractivity contribution < 1.29 is 4.79 Å². The van der Waals surface area contributed by atoms with Crippen LogP contribution in [0.3, 0.4) is 0 Å². The van der Waals surface area contributed by atoms with Crippen LogP contribution in [0.15, 0.2) is 30.4 Å². The minimum atomic E-state index is 0.153. The molecule has 0 fully saturated rings. The van der Waals surface area contributed by atoms with Gasteiger partial charge in [-0.2, -0.15) is 0 Å². The Hall–Kier alpha value is -1.37. The number of hydrogen-bond donors (Lipinski definition) is 0. The van der Waals surface area contributed by atoms with Crippen molar-refractivity contribution in [3.8, 4) is 0 Å². The quantitative estimate of drug-likeness (QED) is 0.524. The largest absolute Gasteiger partial charge is 0.294 e. The second kappa shape index (κ2) is 4.23. The Kier molecular flexibility index (Phi) is 3.23. The number of ketones is 1. The van der Waals surface area contributed by atoms with Gasteiger partial charge in [0.05, 0.1) is 0 Å². The first kappa shape index (κ1) is 10.7. The highest BCUT2D eigenvalue weighted by Gasteiger charge is 2.06. The summed E-state index contributed by atoms with van der Waals surface area (Å²) in [6, 6.07) is 5.81. The molecule has 0 spiro atoms. The zero-order valence-corrected chi connectivity index (χ0v) is 9.05. The summed E-state index contributed by atoms with van der Waals surface area (Å²) in [5.41, 5.74) is 4.08. The maximum Gasteiger partial charge on any atom is 0.166 e. The molecule has 74 valence electrons. The van der Waals surface area contributed by atoms with Gasteiger partial charge >= 0.3 is 0 Å². The van der Waals surface area contributed by atoms with Crippen molar-refractivity contribution >= 4 is 5.78 Å². The maximum atomic E-state index is 11.7. The lowest BCUT2D eigenvalue weighted by Gasteiger charge is -2.04. The molecule has 0 saturated heterocycles. The second-order valence-electron chi connectivity index (χ2n) is 3.86. The summed E-state index contributed by atoms with van der Waals surface area (Å²) >= 11 is 0. The van der Waals surface area contributed by atoms with Gasteiger partial charge in [-0.05, 0) is 38.0 Å². The molecule has 0 saturated carbocycles. The number of hydrogen-bond acceptors (Lipinski definition) is 1. The van der Waals surface area contributed by atoms with E-state index >= 15 is 0 Å². The normalized spacial score (nSPS) is 9.93. The van der Waals surface area contributed by atoms with E-state index < -0.39 is 0 Å². The highest BCUT2D eigenvalue weighted by molar-refractivity contribution is 5.97. The first-order valence-electron chi connectivity index (χ1n) is 4.75. The van der Waals surface area contributed by atoms with Crippen LogP contribution in [0.2, 0.25) is 0 Å². The first-order chi connectivity index (χ1) is 6.50. The average molecular weight is 188 g/mol. The van der Waals surface area contributed by atoms with Gasteiger partial charge in [0.25, 0.3) is 0 Å². The number of carbonyl (C=O) groups excluding carboxylic acids is 1. The zero-order chi connectivity index (χ0) is 10.7. The van der Waals surface area contributed by atoms with Gasteiger partial charge in [0.2, 0.25) is 0 Å². The Balaban J connectivity index is 2.91. The SMILES string of the molecule is C=C(C)CC(=O)c1ccc(C)c(C)c1. The third kappa shape index (κ3) is 2.56. The third-order valence-corrected chi connectivity index (χ3v) is 2.29. The van der Waals surface area contributed by atoms with Gasteiger partial charge in [0, 0.05) is 12.0 Å². The summed E-state index contributed by atoms with van der Waals surface area (Å²) < 4.78 is 0. The molecule has 0 bridgehead atoms. The highest BCUT2D eigenvalue weighted by atomic mass is 16.1. The molecule has 0 N–H and O–H groups in total. The van der Waals surface area contributed by atoms with Crippen molar-refractivity contribution in [2.24, 2.45) is 0 Å². The Morgan fingerprint density at radius 3 is 2.43 bits per heavy atom. The minimum absolute atomic E-state index is 0.153. The van der Waals surface area contributed by atoms with E-state index in [4.69, 9.17) is 0 Å². The lowest BCUT2D eigenvalue weighted by molar-refractivity contribution is 0.0993. The molecule has 0 radical (unpaired) electrons. The summed E-state index contributed by atoms with van der Waals surface area (Å²) in [7, 11) is 0. The van der Waals surface area contributed by atoms with Gasteiger partial charge in [-0.3, -0.25) is 4.79 Å². The fraction of sp³-hybridized carbons (Fsp3) is 0.308. The molecule has 14 heavy (non-hydrogen) atoms. The topological polar surface area (TPSA) is 17.1 Å². The number of aryl methyl sites for hydroxylation is 2. The molecule has 0 aliphatic rings. The van der Waals surface area contributed by atoms with E-state index in [1.165, 1.54) is 5.56 Å². The smallest absolute Gasteiger partial charge is 0.166 e. The Morgan fingerprint density at radius 2 is 1.93 bits per heavy atom. The van der Waals surface area contributed by atoms with E-state index in [0.29, 0.717) is 6.42 Å². The molecule has 0 amide bonds. The van der Waals surface area contributed by atoms with Crippen LogP contribution >= 0.6 is 0 Å². The van der Waals surface area contributed by atoms with Crippen molar-refractivity contribution in [2.75, 3.05) is 0 Å². The van der Waals surface area contributed by atoms with Crippen LogP contribution in [0.25, 0.3) is 0 Å². The van der Waals surface area contributed by atoms with Gasteiger partial charge in [-0.15, -0.1) is 0 Å². The van der Waals surface area contributed by atoms with Gasteiger partial charge in [0.15, 0.2) is 5.78 Å². The van der Waals surface area contributed by atoms with E-state index in [1.807, 2.05) is 39.0 Å². The van der Waals surface area contributed by atoms with Crippen molar-refractivity contribution in [1.29, 1.82) is 0 Å². The van der Waals surface area contributed by atoms with Gasteiger partial charge in [0.1, 0.15) is 0 Å². The molecule has 1 nitrogen and oxygen atoms in total. The van der Waals surface area contributed by atoms with Gasteiger partial charge in [-0.25, -0.2) is 0 Å². The number of allylic oxidation sites excluding steroid dienone is 1.